The number of fused-ring (bicyclic) bond motifs is 1. The number of likely N-dealkylation sites (tertiary alicyclic amines) is 1. The van der Waals surface area contributed by atoms with Crippen molar-refractivity contribution in [3.05, 3.63) is 66.6 Å². The molecular weight excluding hydrogens is 354 g/mol. The predicted molar refractivity (Wildman–Crippen MR) is 107 cm³/mol. The lowest BCUT2D eigenvalue weighted by molar-refractivity contribution is 0.0919. The van der Waals surface area contributed by atoms with E-state index in [4.69, 9.17) is 0 Å². The zero-order valence-corrected chi connectivity index (χ0v) is 15.3. The summed E-state index contributed by atoms with van der Waals surface area (Å²) in [7, 11) is 0. The van der Waals surface area contributed by atoms with Crippen molar-refractivity contribution in [1.82, 2.24) is 20.2 Å². The van der Waals surface area contributed by atoms with Crippen LogP contribution < -0.4 is 10.6 Å². The van der Waals surface area contributed by atoms with Crippen LogP contribution in [0.15, 0.2) is 61.1 Å². The number of piperidine rings is 1. The minimum Gasteiger partial charge on any atom is -0.349 e. The van der Waals surface area contributed by atoms with Crippen molar-refractivity contribution in [2.24, 2.45) is 0 Å². The van der Waals surface area contributed by atoms with Crippen LogP contribution in [0.3, 0.4) is 0 Å². The molecule has 0 saturated carbocycles. The Morgan fingerprint density at radius 3 is 2.50 bits per heavy atom. The fourth-order valence-electron chi connectivity index (χ4n) is 3.40. The highest BCUT2D eigenvalue weighted by molar-refractivity contribution is 5.99. The second-order valence-electron chi connectivity index (χ2n) is 6.78. The Morgan fingerprint density at radius 1 is 0.964 bits per heavy atom. The highest BCUT2D eigenvalue weighted by Gasteiger charge is 2.24. The average molecular weight is 375 g/mol. The summed E-state index contributed by atoms with van der Waals surface area (Å²) in [5.74, 6) is -0.105. The van der Waals surface area contributed by atoms with Gasteiger partial charge in [0, 0.05) is 48.7 Å². The van der Waals surface area contributed by atoms with E-state index in [-0.39, 0.29) is 18.0 Å². The fraction of sp³-hybridized carbons (Fsp3) is 0.238. The normalized spacial score (nSPS) is 14.6. The van der Waals surface area contributed by atoms with Gasteiger partial charge in [-0.15, -0.1) is 0 Å². The first-order valence-corrected chi connectivity index (χ1v) is 9.31. The number of hydrogen-bond acceptors (Lipinski definition) is 4. The molecule has 1 saturated heterocycles. The van der Waals surface area contributed by atoms with Crippen molar-refractivity contribution in [3.63, 3.8) is 0 Å². The van der Waals surface area contributed by atoms with Crippen molar-refractivity contribution < 1.29 is 9.59 Å². The van der Waals surface area contributed by atoms with Crippen LogP contribution in [0.4, 0.5) is 10.5 Å². The maximum Gasteiger partial charge on any atom is 0.321 e. The highest BCUT2D eigenvalue weighted by atomic mass is 16.2. The van der Waals surface area contributed by atoms with Gasteiger partial charge in [-0.1, -0.05) is 18.2 Å². The summed E-state index contributed by atoms with van der Waals surface area (Å²) in [6.07, 6.45) is 6.36. The molecule has 0 aliphatic carbocycles. The van der Waals surface area contributed by atoms with Crippen LogP contribution in [0.2, 0.25) is 0 Å². The van der Waals surface area contributed by atoms with Gasteiger partial charge >= 0.3 is 6.03 Å². The second kappa shape index (κ2) is 8.04. The van der Waals surface area contributed by atoms with Gasteiger partial charge < -0.3 is 15.5 Å². The van der Waals surface area contributed by atoms with E-state index in [0.29, 0.717) is 24.3 Å². The van der Waals surface area contributed by atoms with Gasteiger partial charge in [-0.05, 0) is 37.1 Å². The molecule has 0 radical (unpaired) electrons. The summed E-state index contributed by atoms with van der Waals surface area (Å²) in [6.45, 7) is 1.18. The van der Waals surface area contributed by atoms with E-state index in [9.17, 15) is 9.59 Å². The van der Waals surface area contributed by atoms with Crippen molar-refractivity contribution in [2.45, 2.75) is 18.9 Å². The van der Waals surface area contributed by atoms with Gasteiger partial charge in [0.25, 0.3) is 5.91 Å². The smallest absolute Gasteiger partial charge is 0.321 e. The largest absolute Gasteiger partial charge is 0.349 e. The van der Waals surface area contributed by atoms with Crippen LogP contribution >= 0.6 is 0 Å². The molecule has 4 rings (SSSR count). The maximum atomic E-state index is 12.7. The number of hydrogen-bond donors (Lipinski definition) is 2. The number of nitrogens with zero attached hydrogens (tertiary/aromatic N) is 3. The van der Waals surface area contributed by atoms with Crippen LogP contribution in [0, 0.1) is 0 Å². The summed E-state index contributed by atoms with van der Waals surface area (Å²) < 4.78 is 0. The first-order chi connectivity index (χ1) is 13.7. The van der Waals surface area contributed by atoms with E-state index in [1.54, 1.807) is 35.6 Å². The molecule has 0 spiro atoms. The monoisotopic (exact) mass is 375 g/mol. The number of pyridine rings is 2. The molecule has 7 nitrogen and oxygen atoms in total. The molecule has 2 aromatic heterocycles. The lowest BCUT2D eigenvalue weighted by Crippen LogP contribution is -2.47. The third-order valence-electron chi connectivity index (χ3n) is 4.93. The molecule has 3 heterocycles. The molecule has 0 bridgehead atoms. The lowest BCUT2D eigenvalue weighted by Gasteiger charge is -2.32. The minimum absolute atomic E-state index is 0.0592. The van der Waals surface area contributed by atoms with Gasteiger partial charge in [-0.2, -0.15) is 0 Å². The number of carbonyl (C=O) groups is 2. The number of urea groups is 1. The number of para-hydroxylation sites is 1. The van der Waals surface area contributed by atoms with E-state index < -0.39 is 0 Å². The summed E-state index contributed by atoms with van der Waals surface area (Å²) in [5.41, 5.74) is 2.08. The van der Waals surface area contributed by atoms with E-state index in [1.807, 2.05) is 30.3 Å². The van der Waals surface area contributed by atoms with Crippen LogP contribution in [0.1, 0.15) is 23.2 Å². The van der Waals surface area contributed by atoms with Gasteiger partial charge in [0.05, 0.1) is 11.2 Å². The first-order valence-electron chi connectivity index (χ1n) is 9.31. The molecule has 7 heteroatoms. The Balaban J connectivity index is 1.33. The first kappa shape index (κ1) is 17.9. The number of carbonyl (C=O) groups excluding carboxylic acids is 2. The van der Waals surface area contributed by atoms with Crippen LogP contribution in [0.25, 0.3) is 10.9 Å². The lowest BCUT2D eigenvalue weighted by atomic mass is 10.0. The quantitative estimate of drug-likeness (QED) is 0.737. The third-order valence-corrected chi connectivity index (χ3v) is 4.93. The number of nitrogens with one attached hydrogen (secondary N) is 2. The average Bonchev–Trinajstić information content (AvgIpc) is 2.75. The van der Waals surface area contributed by atoms with Gasteiger partial charge in [-0.25, -0.2) is 4.79 Å². The molecule has 3 aromatic rings. The molecule has 1 aliphatic rings. The van der Waals surface area contributed by atoms with Crippen molar-refractivity contribution in [3.8, 4) is 0 Å². The second-order valence-corrected chi connectivity index (χ2v) is 6.78. The van der Waals surface area contributed by atoms with Crippen LogP contribution in [0.5, 0.6) is 0 Å². The Bertz CT molecular complexity index is 979. The molecule has 142 valence electrons. The molecule has 0 atom stereocenters. The number of rotatable bonds is 3. The van der Waals surface area contributed by atoms with Crippen molar-refractivity contribution >= 4 is 28.5 Å². The van der Waals surface area contributed by atoms with Gasteiger partial charge in [0.1, 0.15) is 0 Å². The molecule has 0 unspecified atom stereocenters. The van der Waals surface area contributed by atoms with E-state index in [2.05, 4.69) is 20.6 Å². The Labute approximate surface area is 162 Å². The molecule has 1 fully saturated rings. The SMILES string of the molecule is O=C(NC1CCN(C(=O)Nc2cccc3cccnc23)CC1)c1ccncc1. The van der Waals surface area contributed by atoms with Crippen molar-refractivity contribution in [1.29, 1.82) is 0 Å². The topological polar surface area (TPSA) is 87.2 Å². The minimum atomic E-state index is -0.142. The highest BCUT2D eigenvalue weighted by Crippen LogP contribution is 2.21. The summed E-state index contributed by atoms with van der Waals surface area (Å²) >= 11 is 0. The van der Waals surface area contributed by atoms with Crippen LogP contribution in [-0.2, 0) is 0 Å². The van der Waals surface area contributed by atoms with Gasteiger partial charge in [0.2, 0.25) is 0 Å². The number of aromatic nitrogens is 2. The Hall–Kier alpha value is -3.48. The molecule has 1 aromatic carbocycles. The Kier molecular flexibility index (Phi) is 5.14. The van der Waals surface area contributed by atoms with E-state index in [0.717, 1.165) is 23.7 Å². The summed E-state index contributed by atoms with van der Waals surface area (Å²) in [6, 6.07) is 12.9. The third kappa shape index (κ3) is 3.93. The molecule has 3 amide bonds. The zero-order valence-electron chi connectivity index (χ0n) is 15.3. The maximum absolute atomic E-state index is 12.7. The summed E-state index contributed by atoms with van der Waals surface area (Å²) in [5, 5.41) is 6.98. The molecule has 28 heavy (non-hydrogen) atoms. The number of anilines is 1. The van der Waals surface area contributed by atoms with Crippen LogP contribution in [-0.4, -0.2) is 45.9 Å². The number of benzene rings is 1. The molecule has 1 aliphatic heterocycles. The van der Waals surface area contributed by atoms with Gasteiger partial charge in [-0.3, -0.25) is 14.8 Å². The van der Waals surface area contributed by atoms with Gasteiger partial charge in [0.15, 0.2) is 0 Å². The van der Waals surface area contributed by atoms with E-state index in [1.165, 1.54) is 0 Å². The standard InChI is InChI=1S/C21H21N5O2/c27-20(16-6-11-22-12-7-16)24-17-8-13-26(14-9-17)21(28)25-18-5-1-3-15-4-2-10-23-19(15)18/h1-7,10-12,17H,8-9,13-14H2,(H,24,27)(H,25,28). The molecular formula is C21H21N5O2. The Morgan fingerprint density at radius 2 is 1.71 bits per heavy atom. The molecule has 2 N–H and O–H groups in total. The van der Waals surface area contributed by atoms with Crippen molar-refractivity contribution in [2.75, 3.05) is 18.4 Å². The predicted octanol–water partition coefficient (Wildman–Crippen LogP) is 3.06. The van der Waals surface area contributed by atoms with E-state index >= 15 is 0 Å². The zero-order chi connectivity index (χ0) is 19.3. The number of amides is 3. The fourth-order valence-corrected chi connectivity index (χ4v) is 3.40. The summed E-state index contributed by atoms with van der Waals surface area (Å²) in [4.78, 5) is 35.0.